The van der Waals surface area contributed by atoms with Crippen molar-refractivity contribution in [3.63, 3.8) is 0 Å². The van der Waals surface area contributed by atoms with E-state index in [0.29, 0.717) is 48.0 Å². The Labute approximate surface area is 176 Å². The first-order valence-electron chi connectivity index (χ1n) is 9.70. The second-order valence-electron chi connectivity index (χ2n) is 7.30. The number of carbonyl (C=O) groups excluding carboxylic acids is 1. The summed E-state index contributed by atoms with van der Waals surface area (Å²) < 4.78 is 16.6. The second-order valence-corrected chi connectivity index (χ2v) is 7.68. The molecule has 0 radical (unpaired) electrons. The van der Waals surface area contributed by atoms with Crippen molar-refractivity contribution in [2.45, 2.75) is 32.2 Å². The Bertz CT molecular complexity index is 836. The third kappa shape index (κ3) is 5.26. The molecule has 2 aromatic rings. The molecule has 7 heteroatoms. The van der Waals surface area contributed by atoms with Gasteiger partial charge in [-0.3, -0.25) is 9.69 Å². The van der Waals surface area contributed by atoms with Crippen LogP contribution in [-0.4, -0.2) is 56.3 Å². The molecule has 0 amide bonds. The number of pyridine rings is 1. The average molecular weight is 419 g/mol. The average Bonchev–Trinajstić information content (AvgIpc) is 2.77. The van der Waals surface area contributed by atoms with Crippen molar-refractivity contribution >= 4 is 17.9 Å². The Hall–Kier alpha value is -2.15. The summed E-state index contributed by atoms with van der Waals surface area (Å²) >= 11 is 6.60. The highest BCUT2D eigenvalue weighted by Gasteiger charge is 2.21. The molecule has 1 aromatic heterocycles. The molecule has 6 nitrogen and oxygen atoms in total. The quantitative estimate of drug-likeness (QED) is 0.478. The SMILES string of the molecule is COc1ccc(Cc2cc(C=O)c(OCN(C)C3CCCOC3)c(Cl)c2C)cn1. The minimum absolute atomic E-state index is 0.310. The summed E-state index contributed by atoms with van der Waals surface area (Å²) in [4.78, 5) is 18.1. The van der Waals surface area contributed by atoms with Gasteiger partial charge in [-0.1, -0.05) is 17.7 Å². The molecular weight excluding hydrogens is 392 g/mol. The maximum absolute atomic E-state index is 11.7. The van der Waals surface area contributed by atoms with Gasteiger partial charge in [0, 0.05) is 24.9 Å². The van der Waals surface area contributed by atoms with E-state index in [9.17, 15) is 4.79 Å². The first-order chi connectivity index (χ1) is 14.0. The van der Waals surface area contributed by atoms with Crippen LogP contribution in [0.3, 0.4) is 0 Å². The number of carbonyl (C=O) groups is 1. The molecule has 1 saturated heterocycles. The van der Waals surface area contributed by atoms with Crippen LogP contribution in [0.4, 0.5) is 0 Å². The number of hydrogen-bond acceptors (Lipinski definition) is 6. The Morgan fingerprint density at radius 1 is 1.41 bits per heavy atom. The minimum Gasteiger partial charge on any atom is -0.481 e. The third-order valence-corrected chi connectivity index (χ3v) is 5.76. The molecule has 156 valence electrons. The van der Waals surface area contributed by atoms with E-state index in [1.165, 1.54) is 0 Å². The first kappa shape index (κ1) is 21.6. The molecule has 1 atom stereocenters. The molecule has 0 spiro atoms. The lowest BCUT2D eigenvalue weighted by molar-refractivity contribution is 0.00218. The van der Waals surface area contributed by atoms with Crippen LogP contribution >= 0.6 is 11.6 Å². The molecule has 1 unspecified atom stereocenters. The molecule has 0 bridgehead atoms. The van der Waals surface area contributed by atoms with Gasteiger partial charge in [0.2, 0.25) is 5.88 Å². The van der Waals surface area contributed by atoms with Crippen LogP contribution in [-0.2, 0) is 11.2 Å². The number of halogens is 1. The van der Waals surface area contributed by atoms with Gasteiger partial charge in [-0.05, 0) is 56.0 Å². The lowest BCUT2D eigenvalue weighted by Crippen LogP contribution is -2.40. The van der Waals surface area contributed by atoms with Crippen molar-refractivity contribution < 1.29 is 19.0 Å². The van der Waals surface area contributed by atoms with Crippen molar-refractivity contribution in [1.82, 2.24) is 9.88 Å². The summed E-state index contributed by atoms with van der Waals surface area (Å²) in [6, 6.07) is 5.92. The number of aromatic nitrogens is 1. The third-order valence-electron chi connectivity index (χ3n) is 5.30. The van der Waals surface area contributed by atoms with Crippen molar-refractivity contribution in [3.05, 3.63) is 51.7 Å². The van der Waals surface area contributed by atoms with Crippen molar-refractivity contribution in [2.75, 3.05) is 34.1 Å². The van der Waals surface area contributed by atoms with Gasteiger partial charge in [0.15, 0.2) is 12.0 Å². The molecule has 1 aliphatic heterocycles. The zero-order valence-corrected chi connectivity index (χ0v) is 17.9. The molecule has 1 aliphatic rings. The molecular formula is C22H27ClN2O4. The number of hydrogen-bond donors (Lipinski definition) is 0. The van der Waals surface area contributed by atoms with Crippen molar-refractivity contribution in [2.24, 2.45) is 0 Å². The van der Waals surface area contributed by atoms with Gasteiger partial charge >= 0.3 is 0 Å². The number of nitrogens with zero attached hydrogens (tertiary/aromatic N) is 2. The van der Waals surface area contributed by atoms with Gasteiger partial charge in [0.1, 0.15) is 6.73 Å². The minimum atomic E-state index is 0.310. The topological polar surface area (TPSA) is 60.9 Å². The van der Waals surface area contributed by atoms with Crippen LogP contribution in [0.1, 0.15) is 39.9 Å². The summed E-state index contributed by atoms with van der Waals surface area (Å²) in [5.41, 5.74) is 3.31. The summed E-state index contributed by atoms with van der Waals surface area (Å²) in [5.74, 6) is 0.993. The number of likely N-dealkylation sites (N-methyl/N-ethyl adjacent to an activating group) is 1. The fraction of sp³-hybridized carbons (Fsp3) is 0.455. The van der Waals surface area contributed by atoms with Crippen LogP contribution < -0.4 is 9.47 Å². The Balaban J connectivity index is 1.76. The van der Waals surface area contributed by atoms with Crippen molar-refractivity contribution in [1.29, 1.82) is 0 Å². The summed E-state index contributed by atoms with van der Waals surface area (Å²) in [5, 5.41) is 0.472. The smallest absolute Gasteiger partial charge is 0.212 e. The lowest BCUT2D eigenvalue weighted by atomic mass is 9.98. The van der Waals surface area contributed by atoms with Crippen LogP contribution in [0.15, 0.2) is 24.4 Å². The Morgan fingerprint density at radius 3 is 2.86 bits per heavy atom. The van der Waals surface area contributed by atoms with E-state index in [0.717, 1.165) is 42.4 Å². The monoisotopic (exact) mass is 418 g/mol. The maximum Gasteiger partial charge on any atom is 0.212 e. The van der Waals surface area contributed by atoms with Gasteiger partial charge in [-0.15, -0.1) is 0 Å². The highest BCUT2D eigenvalue weighted by molar-refractivity contribution is 6.33. The fourth-order valence-corrected chi connectivity index (χ4v) is 3.70. The number of rotatable bonds is 8. The molecule has 3 rings (SSSR count). The molecule has 1 fully saturated rings. The highest BCUT2D eigenvalue weighted by Crippen LogP contribution is 2.35. The largest absolute Gasteiger partial charge is 0.481 e. The van der Waals surface area contributed by atoms with Gasteiger partial charge < -0.3 is 14.2 Å². The Morgan fingerprint density at radius 2 is 2.24 bits per heavy atom. The molecule has 0 saturated carbocycles. The summed E-state index contributed by atoms with van der Waals surface area (Å²) in [7, 11) is 3.57. The van der Waals surface area contributed by atoms with Crippen LogP contribution in [0.2, 0.25) is 5.02 Å². The summed E-state index contributed by atoms with van der Waals surface area (Å²) in [6.45, 7) is 3.79. The van der Waals surface area contributed by atoms with E-state index in [2.05, 4.69) is 9.88 Å². The van der Waals surface area contributed by atoms with Crippen LogP contribution in [0, 0.1) is 6.92 Å². The number of aldehydes is 1. The van der Waals surface area contributed by atoms with Gasteiger partial charge in [0.25, 0.3) is 0 Å². The summed E-state index contributed by atoms with van der Waals surface area (Å²) in [6.07, 6.45) is 5.28. The highest BCUT2D eigenvalue weighted by atomic mass is 35.5. The van der Waals surface area contributed by atoms with Crippen LogP contribution in [0.5, 0.6) is 11.6 Å². The second kappa shape index (κ2) is 10.1. The van der Waals surface area contributed by atoms with Gasteiger partial charge in [0.05, 0.1) is 24.3 Å². The molecule has 1 aromatic carbocycles. The number of benzene rings is 1. The standard InChI is InChI=1S/C22H27ClN2O4/c1-15-17(9-16-6-7-20(27-3)24-11-16)10-18(12-26)22(21(15)23)29-14-25(2)19-5-4-8-28-13-19/h6-7,10-12,19H,4-5,8-9,13-14H2,1-3H3. The fourth-order valence-electron chi connectivity index (χ4n) is 3.42. The molecule has 29 heavy (non-hydrogen) atoms. The van der Waals surface area contributed by atoms with E-state index in [4.69, 9.17) is 25.8 Å². The maximum atomic E-state index is 11.7. The van der Waals surface area contributed by atoms with E-state index >= 15 is 0 Å². The Kier molecular flexibility index (Phi) is 7.47. The van der Waals surface area contributed by atoms with Crippen LogP contribution in [0.25, 0.3) is 0 Å². The van der Waals surface area contributed by atoms with Crippen molar-refractivity contribution in [3.8, 4) is 11.6 Å². The van der Waals surface area contributed by atoms with E-state index < -0.39 is 0 Å². The van der Waals surface area contributed by atoms with Gasteiger partial charge in [-0.2, -0.15) is 0 Å². The molecule has 0 N–H and O–H groups in total. The lowest BCUT2D eigenvalue weighted by Gasteiger charge is -2.31. The normalized spacial score (nSPS) is 16.7. The zero-order chi connectivity index (χ0) is 20.8. The van der Waals surface area contributed by atoms with E-state index in [1.54, 1.807) is 13.3 Å². The first-order valence-corrected chi connectivity index (χ1v) is 10.1. The predicted molar refractivity (Wildman–Crippen MR) is 112 cm³/mol. The van der Waals surface area contributed by atoms with E-state index in [1.807, 2.05) is 32.2 Å². The molecule has 2 heterocycles. The number of ether oxygens (including phenoxy) is 3. The van der Waals surface area contributed by atoms with Gasteiger partial charge in [-0.25, -0.2) is 4.98 Å². The zero-order valence-electron chi connectivity index (χ0n) is 17.1. The predicted octanol–water partition coefficient (Wildman–Crippen LogP) is 3.90. The van der Waals surface area contributed by atoms with E-state index in [-0.39, 0.29) is 0 Å². The molecule has 0 aliphatic carbocycles. The number of methoxy groups -OCH3 is 1.